The molecule has 1 aromatic carbocycles. The Balaban J connectivity index is 2.62. The second-order valence-corrected chi connectivity index (χ2v) is 3.68. The maximum atomic E-state index is 13.2. The van der Waals surface area contributed by atoms with Gasteiger partial charge in [-0.15, -0.1) is 0 Å². The summed E-state index contributed by atoms with van der Waals surface area (Å²) in [7, 11) is 0. The van der Waals surface area contributed by atoms with E-state index in [1.807, 2.05) is 0 Å². The zero-order chi connectivity index (χ0) is 11.4. The van der Waals surface area contributed by atoms with Crippen LogP contribution in [0.3, 0.4) is 0 Å². The molecule has 0 aromatic heterocycles. The molecule has 0 saturated heterocycles. The molecule has 1 atom stereocenters. The molecule has 0 saturated carbocycles. The molecule has 0 aliphatic heterocycles. The predicted octanol–water partition coefficient (Wildman–Crippen LogP) is 1.44. The average molecular weight is 231 g/mol. The van der Waals surface area contributed by atoms with E-state index in [9.17, 15) is 9.18 Å². The minimum Gasteiger partial charge on any atom is -0.351 e. The molecule has 3 N–H and O–H groups in total. The van der Waals surface area contributed by atoms with Crippen molar-refractivity contribution in [3.8, 4) is 0 Å². The lowest BCUT2D eigenvalue weighted by atomic mass is 10.2. The van der Waals surface area contributed by atoms with Crippen LogP contribution in [0, 0.1) is 5.82 Å². The van der Waals surface area contributed by atoms with Gasteiger partial charge in [0.1, 0.15) is 5.82 Å². The first-order valence-electron chi connectivity index (χ1n) is 4.48. The number of nitrogens with one attached hydrogen (secondary N) is 1. The Bertz CT molecular complexity index is 368. The summed E-state index contributed by atoms with van der Waals surface area (Å²) < 4.78 is 13.2. The molecule has 0 aliphatic rings. The largest absolute Gasteiger partial charge is 0.351 e. The molecule has 0 fully saturated rings. The topological polar surface area (TPSA) is 55.1 Å². The van der Waals surface area contributed by atoms with E-state index in [4.69, 9.17) is 17.3 Å². The first-order chi connectivity index (χ1) is 7.00. The molecule has 0 heterocycles. The van der Waals surface area contributed by atoms with Gasteiger partial charge in [0.15, 0.2) is 0 Å². The highest BCUT2D eigenvalue weighted by molar-refractivity contribution is 6.30. The fraction of sp³-hybridized carbons (Fsp3) is 0.300. The van der Waals surface area contributed by atoms with E-state index in [0.29, 0.717) is 10.6 Å². The summed E-state index contributed by atoms with van der Waals surface area (Å²) in [5, 5.41) is 2.84. The Labute approximate surface area is 92.4 Å². The molecule has 0 radical (unpaired) electrons. The van der Waals surface area contributed by atoms with Crippen LogP contribution in [0.5, 0.6) is 0 Å². The molecule has 0 spiro atoms. The van der Waals surface area contributed by atoms with E-state index in [0.717, 1.165) is 0 Å². The van der Waals surface area contributed by atoms with Crippen molar-refractivity contribution in [1.82, 2.24) is 5.32 Å². The van der Waals surface area contributed by atoms with E-state index < -0.39 is 11.9 Å². The highest BCUT2D eigenvalue weighted by Gasteiger charge is 2.08. The second-order valence-electron chi connectivity index (χ2n) is 3.24. The second kappa shape index (κ2) is 5.09. The van der Waals surface area contributed by atoms with Crippen molar-refractivity contribution < 1.29 is 9.18 Å². The Morgan fingerprint density at radius 2 is 2.33 bits per heavy atom. The van der Waals surface area contributed by atoms with Crippen LogP contribution in [-0.2, 0) is 11.3 Å². The SMILES string of the molecule is CC(N)C(=O)NCc1ccc(Cl)cc1F. The number of amides is 1. The van der Waals surface area contributed by atoms with Crippen molar-refractivity contribution in [2.45, 2.75) is 19.5 Å². The third-order valence-corrected chi connectivity index (χ3v) is 2.12. The summed E-state index contributed by atoms with van der Waals surface area (Å²) in [6.45, 7) is 1.68. The predicted molar refractivity (Wildman–Crippen MR) is 56.9 cm³/mol. The quantitative estimate of drug-likeness (QED) is 0.826. The first-order valence-corrected chi connectivity index (χ1v) is 4.85. The number of hydrogen-bond acceptors (Lipinski definition) is 2. The minimum atomic E-state index is -0.597. The van der Waals surface area contributed by atoms with Crippen LogP contribution < -0.4 is 11.1 Å². The Morgan fingerprint density at radius 3 is 2.87 bits per heavy atom. The number of carbonyl (C=O) groups excluding carboxylic acids is 1. The van der Waals surface area contributed by atoms with Gasteiger partial charge in [-0.25, -0.2) is 4.39 Å². The van der Waals surface area contributed by atoms with Crippen LogP contribution >= 0.6 is 11.6 Å². The Morgan fingerprint density at radius 1 is 1.67 bits per heavy atom. The van der Waals surface area contributed by atoms with Crippen LogP contribution in [0.4, 0.5) is 4.39 Å². The Kier molecular flexibility index (Phi) is 4.05. The number of hydrogen-bond donors (Lipinski definition) is 2. The molecule has 82 valence electrons. The van der Waals surface area contributed by atoms with Gasteiger partial charge >= 0.3 is 0 Å². The molecule has 3 nitrogen and oxygen atoms in total. The summed E-state index contributed by atoms with van der Waals surface area (Å²) in [5.74, 6) is -0.753. The molecule has 1 rings (SSSR count). The molecule has 1 aromatic rings. The van der Waals surface area contributed by atoms with Gasteiger partial charge in [-0.3, -0.25) is 4.79 Å². The van der Waals surface area contributed by atoms with Crippen LogP contribution in [0.1, 0.15) is 12.5 Å². The van der Waals surface area contributed by atoms with Gasteiger partial charge in [-0.2, -0.15) is 0 Å². The van der Waals surface area contributed by atoms with Crippen LogP contribution in [0.25, 0.3) is 0 Å². The Hall–Kier alpha value is -1.13. The zero-order valence-corrected chi connectivity index (χ0v) is 9.01. The summed E-state index contributed by atoms with van der Waals surface area (Å²) in [4.78, 5) is 11.1. The van der Waals surface area contributed by atoms with Crippen molar-refractivity contribution in [1.29, 1.82) is 0 Å². The van der Waals surface area contributed by atoms with Gasteiger partial charge in [0.05, 0.1) is 6.04 Å². The minimum absolute atomic E-state index is 0.114. The lowest BCUT2D eigenvalue weighted by Gasteiger charge is -2.08. The van der Waals surface area contributed by atoms with Crippen LogP contribution in [-0.4, -0.2) is 11.9 Å². The maximum absolute atomic E-state index is 13.2. The van der Waals surface area contributed by atoms with Crippen molar-refractivity contribution in [2.75, 3.05) is 0 Å². The van der Waals surface area contributed by atoms with Gasteiger partial charge < -0.3 is 11.1 Å². The molecule has 15 heavy (non-hydrogen) atoms. The van der Waals surface area contributed by atoms with E-state index in [2.05, 4.69) is 5.32 Å². The third kappa shape index (κ3) is 3.49. The van der Waals surface area contributed by atoms with Gasteiger partial charge in [-0.05, 0) is 19.1 Å². The van der Waals surface area contributed by atoms with Crippen LogP contribution in [0.15, 0.2) is 18.2 Å². The smallest absolute Gasteiger partial charge is 0.236 e. The fourth-order valence-electron chi connectivity index (χ4n) is 1.01. The zero-order valence-electron chi connectivity index (χ0n) is 8.26. The van der Waals surface area contributed by atoms with E-state index >= 15 is 0 Å². The lowest BCUT2D eigenvalue weighted by molar-refractivity contribution is -0.122. The standard InChI is InChI=1S/C10H12ClFN2O/c1-6(13)10(15)14-5-7-2-3-8(11)4-9(7)12/h2-4,6H,5,13H2,1H3,(H,14,15). The lowest BCUT2D eigenvalue weighted by Crippen LogP contribution is -2.37. The monoisotopic (exact) mass is 230 g/mol. The first kappa shape index (κ1) is 11.9. The molecular formula is C10H12ClFN2O. The molecule has 1 amide bonds. The number of carbonyl (C=O) groups is 1. The van der Waals surface area contributed by atoms with Crippen molar-refractivity contribution in [2.24, 2.45) is 5.73 Å². The van der Waals surface area contributed by atoms with Crippen LogP contribution in [0.2, 0.25) is 5.02 Å². The van der Waals surface area contributed by atoms with Crippen molar-refractivity contribution in [3.63, 3.8) is 0 Å². The third-order valence-electron chi connectivity index (χ3n) is 1.88. The van der Waals surface area contributed by atoms with Crippen molar-refractivity contribution in [3.05, 3.63) is 34.6 Å². The van der Waals surface area contributed by atoms with Gasteiger partial charge in [-0.1, -0.05) is 17.7 Å². The normalized spacial score (nSPS) is 12.3. The number of nitrogens with two attached hydrogens (primary N) is 1. The molecule has 0 aliphatic carbocycles. The van der Waals surface area contributed by atoms with E-state index in [1.54, 1.807) is 13.0 Å². The summed E-state index contributed by atoms with van der Waals surface area (Å²) >= 11 is 5.58. The van der Waals surface area contributed by atoms with Gasteiger partial charge in [0.25, 0.3) is 0 Å². The molecule has 1 unspecified atom stereocenters. The fourth-order valence-corrected chi connectivity index (χ4v) is 1.17. The van der Waals surface area contributed by atoms with E-state index in [-0.39, 0.29) is 12.5 Å². The summed E-state index contributed by atoms with van der Waals surface area (Å²) in [6, 6.07) is 3.70. The number of halogens is 2. The maximum Gasteiger partial charge on any atom is 0.236 e. The summed E-state index contributed by atoms with van der Waals surface area (Å²) in [5.41, 5.74) is 5.72. The van der Waals surface area contributed by atoms with Gasteiger partial charge in [0, 0.05) is 17.1 Å². The molecular weight excluding hydrogens is 219 g/mol. The highest BCUT2D eigenvalue weighted by Crippen LogP contribution is 2.14. The molecule has 5 heteroatoms. The highest BCUT2D eigenvalue weighted by atomic mass is 35.5. The number of rotatable bonds is 3. The van der Waals surface area contributed by atoms with Crippen molar-refractivity contribution >= 4 is 17.5 Å². The molecule has 0 bridgehead atoms. The summed E-state index contributed by atoms with van der Waals surface area (Å²) in [6.07, 6.45) is 0. The van der Waals surface area contributed by atoms with Gasteiger partial charge in [0.2, 0.25) is 5.91 Å². The van der Waals surface area contributed by atoms with E-state index in [1.165, 1.54) is 12.1 Å². The number of benzene rings is 1. The average Bonchev–Trinajstić information content (AvgIpc) is 2.15.